The van der Waals surface area contributed by atoms with Gasteiger partial charge in [-0.25, -0.2) is 4.98 Å². The lowest BCUT2D eigenvalue weighted by molar-refractivity contribution is -0.134. The Hall–Kier alpha value is -2.24. The molecule has 2 aromatic carbocycles. The van der Waals surface area contributed by atoms with Crippen LogP contribution in [-0.2, 0) is 11.2 Å². The van der Waals surface area contributed by atoms with Crippen LogP contribution >= 0.6 is 23.2 Å². The lowest BCUT2D eigenvalue weighted by Gasteiger charge is -2.25. The number of nitrogens with zero attached hydrogens (tertiary/aromatic N) is 1. The van der Waals surface area contributed by atoms with Gasteiger partial charge in [0, 0.05) is 18.9 Å². The molecule has 1 aliphatic rings. The van der Waals surface area contributed by atoms with Crippen LogP contribution in [0.5, 0.6) is 5.75 Å². The molecule has 5 nitrogen and oxygen atoms in total. The van der Waals surface area contributed by atoms with Crippen LogP contribution in [0, 0.1) is 0 Å². The molecule has 1 atom stereocenters. The number of carbonyl (C=O) groups excluding carboxylic acids is 1. The number of carbonyl (C=O) groups is 1. The van der Waals surface area contributed by atoms with Gasteiger partial charge in [0.05, 0.1) is 11.0 Å². The predicted molar refractivity (Wildman–Crippen MR) is 116 cm³/mol. The van der Waals surface area contributed by atoms with Crippen molar-refractivity contribution in [2.75, 3.05) is 6.54 Å². The van der Waals surface area contributed by atoms with Crippen LogP contribution in [0.2, 0.25) is 0 Å². The number of hydrogen-bond donors (Lipinski definition) is 2. The fourth-order valence-corrected chi connectivity index (χ4v) is 3.88. The van der Waals surface area contributed by atoms with E-state index in [1.807, 2.05) is 48.5 Å². The Morgan fingerprint density at radius 1 is 1.24 bits per heavy atom. The van der Waals surface area contributed by atoms with Gasteiger partial charge in [0.15, 0.2) is 5.60 Å². The summed E-state index contributed by atoms with van der Waals surface area (Å²) in [6.45, 7) is 3.97. The highest BCUT2D eigenvalue weighted by Crippen LogP contribution is 2.59. The number of alkyl halides is 2. The Labute approximate surface area is 179 Å². The van der Waals surface area contributed by atoms with E-state index in [1.165, 1.54) is 0 Å². The van der Waals surface area contributed by atoms with Crippen molar-refractivity contribution in [3.05, 3.63) is 59.9 Å². The first-order valence-corrected chi connectivity index (χ1v) is 10.4. The van der Waals surface area contributed by atoms with Gasteiger partial charge >= 0.3 is 0 Å². The summed E-state index contributed by atoms with van der Waals surface area (Å²) in [4.78, 5) is 20.4. The van der Waals surface area contributed by atoms with Gasteiger partial charge in [-0.3, -0.25) is 4.79 Å². The molecule has 1 aromatic heterocycles. The van der Waals surface area contributed by atoms with Crippen molar-refractivity contribution in [3.8, 4) is 5.75 Å². The third kappa shape index (κ3) is 4.51. The second-order valence-electron chi connectivity index (χ2n) is 7.91. The fourth-order valence-electron chi connectivity index (χ4n) is 3.32. The zero-order valence-electron chi connectivity index (χ0n) is 16.3. The molecule has 0 unspecified atom stereocenters. The van der Waals surface area contributed by atoms with Crippen molar-refractivity contribution in [2.24, 2.45) is 0 Å². The molecule has 4 rings (SSSR count). The number of rotatable bonds is 7. The number of ether oxygens (including phenoxy) is 1. The van der Waals surface area contributed by atoms with Gasteiger partial charge in [-0.2, -0.15) is 0 Å². The lowest BCUT2D eigenvalue weighted by Crippen LogP contribution is -2.47. The number of aromatic amines is 1. The number of halogens is 2. The van der Waals surface area contributed by atoms with E-state index in [-0.39, 0.29) is 11.8 Å². The van der Waals surface area contributed by atoms with Gasteiger partial charge in [-0.05, 0) is 50.1 Å². The van der Waals surface area contributed by atoms with E-state index in [1.54, 1.807) is 13.8 Å². The monoisotopic (exact) mass is 431 g/mol. The van der Waals surface area contributed by atoms with E-state index in [2.05, 4.69) is 15.3 Å². The molecule has 7 heteroatoms. The molecule has 0 spiro atoms. The van der Waals surface area contributed by atoms with E-state index in [0.29, 0.717) is 18.7 Å². The maximum atomic E-state index is 12.6. The summed E-state index contributed by atoms with van der Waals surface area (Å²) < 4.78 is 5.27. The van der Waals surface area contributed by atoms with Crippen LogP contribution < -0.4 is 10.1 Å². The molecule has 1 fully saturated rings. The number of aromatic nitrogens is 2. The SMILES string of the molecule is CC(C)(Oc1ccc([C@H]2CC2(Cl)Cl)cc1)C(=O)NCCc1nc2ccccc2[nH]1. The van der Waals surface area contributed by atoms with Crippen molar-refractivity contribution in [1.82, 2.24) is 15.3 Å². The Morgan fingerprint density at radius 3 is 2.59 bits per heavy atom. The Morgan fingerprint density at radius 2 is 1.93 bits per heavy atom. The summed E-state index contributed by atoms with van der Waals surface area (Å²) in [6, 6.07) is 15.4. The summed E-state index contributed by atoms with van der Waals surface area (Å²) in [5.74, 6) is 1.45. The molecule has 3 aromatic rings. The molecule has 0 radical (unpaired) electrons. The molecule has 1 amide bonds. The lowest BCUT2D eigenvalue weighted by atomic mass is 10.1. The first-order chi connectivity index (χ1) is 13.7. The highest BCUT2D eigenvalue weighted by Gasteiger charge is 2.52. The van der Waals surface area contributed by atoms with Crippen molar-refractivity contribution < 1.29 is 9.53 Å². The van der Waals surface area contributed by atoms with E-state index in [0.717, 1.165) is 28.8 Å². The van der Waals surface area contributed by atoms with E-state index >= 15 is 0 Å². The van der Waals surface area contributed by atoms with Gasteiger partial charge in [0.25, 0.3) is 5.91 Å². The number of imidazole rings is 1. The molecule has 1 heterocycles. The summed E-state index contributed by atoms with van der Waals surface area (Å²) in [7, 11) is 0. The van der Waals surface area contributed by atoms with Crippen molar-refractivity contribution >= 4 is 40.1 Å². The largest absolute Gasteiger partial charge is 0.478 e. The highest BCUT2D eigenvalue weighted by atomic mass is 35.5. The van der Waals surface area contributed by atoms with Crippen LogP contribution in [0.25, 0.3) is 11.0 Å². The molecule has 1 aliphatic carbocycles. The molecule has 0 aliphatic heterocycles. The molecule has 0 bridgehead atoms. The molecular formula is C22H23Cl2N3O2. The van der Waals surface area contributed by atoms with E-state index < -0.39 is 9.93 Å². The topological polar surface area (TPSA) is 67.0 Å². The first kappa shape index (κ1) is 20.0. The minimum atomic E-state index is -1.00. The number of hydrogen-bond acceptors (Lipinski definition) is 3. The second kappa shape index (κ2) is 7.54. The summed E-state index contributed by atoms with van der Waals surface area (Å²) in [5.41, 5.74) is 1.99. The standard InChI is InChI=1S/C22H23Cl2N3O2/c1-21(2,29-15-9-7-14(8-10-15)16-13-22(16,23)24)20(28)25-12-11-19-26-17-5-3-4-6-18(17)27-19/h3-10,16H,11-13H2,1-2H3,(H,25,28)(H,26,27)/t16-/m1/s1. The molecule has 1 saturated carbocycles. The number of para-hydroxylation sites is 2. The zero-order chi connectivity index (χ0) is 20.6. The average Bonchev–Trinajstić information content (AvgIpc) is 3.12. The Kier molecular flexibility index (Phi) is 5.21. The molecule has 29 heavy (non-hydrogen) atoms. The zero-order valence-corrected chi connectivity index (χ0v) is 17.8. The van der Waals surface area contributed by atoms with Gasteiger partial charge in [0.1, 0.15) is 15.9 Å². The third-order valence-corrected chi connectivity index (χ3v) is 5.95. The summed E-state index contributed by atoms with van der Waals surface area (Å²) in [5, 5.41) is 2.93. The van der Waals surface area contributed by atoms with E-state index in [4.69, 9.17) is 27.9 Å². The molecule has 152 valence electrons. The number of amides is 1. The summed E-state index contributed by atoms with van der Waals surface area (Å²) >= 11 is 12.2. The number of nitrogens with one attached hydrogen (secondary N) is 2. The third-order valence-electron chi connectivity index (χ3n) is 5.11. The van der Waals surface area contributed by atoms with Gasteiger partial charge in [-0.15, -0.1) is 23.2 Å². The minimum Gasteiger partial charge on any atom is -0.478 e. The van der Waals surface area contributed by atoms with E-state index in [9.17, 15) is 4.79 Å². The molecule has 0 saturated heterocycles. The Balaban J connectivity index is 1.30. The normalized spacial score (nSPS) is 17.9. The van der Waals surface area contributed by atoms with Crippen molar-refractivity contribution in [3.63, 3.8) is 0 Å². The number of fused-ring (bicyclic) bond motifs is 1. The maximum absolute atomic E-state index is 12.6. The van der Waals surface area contributed by atoms with Crippen LogP contribution in [0.15, 0.2) is 48.5 Å². The minimum absolute atomic E-state index is 0.162. The fraction of sp³-hybridized carbons (Fsp3) is 0.364. The quantitative estimate of drug-likeness (QED) is 0.530. The van der Waals surface area contributed by atoms with Gasteiger partial charge in [0.2, 0.25) is 0 Å². The highest BCUT2D eigenvalue weighted by molar-refractivity contribution is 6.51. The van der Waals surface area contributed by atoms with Crippen LogP contribution in [-0.4, -0.2) is 32.4 Å². The summed E-state index contributed by atoms with van der Waals surface area (Å²) in [6.07, 6.45) is 1.38. The number of H-pyrrole nitrogens is 1. The Bertz CT molecular complexity index is 995. The maximum Gasteiger partial charge on any atom is 0.263 e. The van der Waals surface area contributed by atoms with Crippen LogP contribution in [0.3, 0.4) is 0 Å². The van der Waals surface area contributed by atoms with Gasteiger partial charge in [-0.1, -0.05) is 24.3 Å². The van der Waals surface area contributed by atoms with Crippen molar-refractivity contribution in [2.45, 2.75) is 42.5 Å². The van der Waals surface area contributed by atoms with Crippen LogP contribution in [0.1, 0.15) is 37.6 Å². The average molecular weight is 432 g/mol. The molecular weight excluding hydrogens is 409 g/mol. The molecule has 2 N–H and O–H groups in total. The predicted octanol–water partition coefficient (Wildman–Crippen LogP) is 4.74. The van der Waals surface area contributed by atoms with Crippen molar-refractivity contribution in [1.29, 1.82) is 0 Å². The second-order valence-corrected chi connectivity index (χ2v) is 9.45. The number of benzene rings is 2. The van der Waals surface area contributed by atoms with Gasteiger partial charge < -0.3 is 15.0 Å². The first-order valence-electron chi connectivity index (χ1n) is 9.63. The van der Waals surface area contributed by atoms with Crippen LogP contribution in [0.4, 0.5) is 0 Å². The smallest absolute Gasteiger partial charge is 0.263 e.